The van der Waals surface area contributed by atoms with Gasteiger partial charge in [-0.15, -0.1) is 0 Å². The van der Waals surface area contributed by atoms with Crippen molar-refractivity contribution in [3.63, 3.8) is 0 Å². The van der Waals surface area contributed by atoms with Crippen LogP contribution in [0.15, 0.2) is 15.5 Å². The molecule has 2 heterocycles. The van der Waals surface area contributed by atoms with Crippen LogP contribution in [0.1, 0.15) is 12.8 Å². The van der Waals surface area contributed by atoms with Crippen LogP contribution in [-0.4, -0.2) is 53.1 Å². The highest BCUT2D eigenvalue weighted by Gasteiger charge is 2.17. The van der Waals surface area contributed by atoms with E-state index in [-0.39, 0.29) is 18.7 Å². The summed E-state index contributed by atoms with van der Waals surface area (Å²) in [5, 5.41) is 16.2. The SMILES string of the molecule is CN1CCC(CNc2cnn(CCO)c(=O)c2Br)CC1. The summed E-state index contributed by atoms with van der Waals surface area (Å²) >= 11 is 3.31. The van der Waals surface area contributed by atoms with Gasteiger partial charge in [0.05, 0.1) is 25.0 Å². The molecule has 1 aliphatic rings. The fourth-order valence-corrected chi connectivity index (χ4v) is 2.81. The molecule has 0 saturated carbocycles. The van der Waals surface area contributed by atoms with Crippen LogP contribution in [0.5, 0.6) is 0 Å². The van der Waals surface area contributed by atoms with E-state index in [4.69, 9.17) is 5.11 Å². The molecule has 0 unspecified atom stereocenters. The number of likely N-dealkylation sites (tertiary alicyclic amines) is 1. The van der Waals surface area contributed by atoms with Crippen molar-refractivity contribution < 1.29 is 5.11 Å². The number of nitrogens with one attached hydrogen (secondary N) is 1. The van der Waals surface area contributed by atoms with Crippen LogP contribution in [0.25, 0.3) is 0 Å². The van der Waals surface area contributed by atoms with Gasteiger partial charge in [-0.25, -0.2) is 4.68 Å². The summed E-state index contributed by atoms with van der Waals surface area (Å²) in [5.41, 5.74) is 0.510. The van der Waals surface area contributed by atoms with Crippen LogP contribution in [-0.2, 0) is 6.54 Å². The number of piperidine rings is 1. The molecule has 0 spiro atoms. The summed E-state index contributed by atoms with van der Waals surface area (Å²) in [6.45, 7) is 3.24. The molecule has 1 aromatic rings. The average molecular weight is 345 g/mol. The first-order valence-electron chi connectivity index (χ1n) is 6.90. The van der Waals surface area contributed by atoms with Crippen molar-refractivity contribution in [2.45, 2.75) is 19.4 Å². The van der Waals surface area contributed by atoms with Crippen molar-refractivity contribution in [1.82, 2.24) is 14.7 Å². The molecule has 0 aliphatic carbocycles. The fraction of sp³-hybridized carbons (Fsp3) is 0.692. The number of anilines is 1. The molecule has 1 saturated heterocycles. The summed E-state index contributed by atoms with van der Waals surface area (Å²) in [6.07, 6.45) is 3.99. The van der Waals surface area contributed by atoms with Crippen LogP contribution in [0.3, 0.4) is 0 Å². The second kappa shape index (κ2) is 7.19. The second-order valence-electron chi connectivity index (χ2n) is 5.25. The van der Waals surface area contributed by atoms with Gasteiger partial charge in [0.25, 0.3) is 5.56 Å². The highest BCUT2D eigenvalue weighted by Crippen LogP contribution is 2.20. The Labute approximate surface area is 126 Å². The molecule has 0 radical (unpaired) electrons. The van der Waals surface area contributed by atoms with E-state index < -0.39 is 0 Å². The van der Waals surface area contributed by atoms with E-state index >= 15 is 0 Å². The third kappa shape index (κ3) is 3.80. The van der Waals surface area contributed by atoms with Gasteiger partial charge in [0.2, 0.25) is 0 Å². The van der Waals surface area contributed by atoms with Gasteiger partial charge >= 0.3 is 0 Å². The number of nitrogens with zero attached hydrogens (tertiary/aromatic N) is 3. The van der Waals surface area contributed by atoms with Crippen molar-refractivity contribution in [2.24, 2.45) is 5.92 Å². The third-order valence-electron chi connectivity index (χ3n) is 3.72. The molecular formula is C13H21BrN4O2. The first-order valence-corrected chi connectivity index (χ1v) is 7.70. The van der Waals surface area contributed by atoms with Crippen molar-refractivity contribution in [1.29, 1.82) is 0 Å². The summed E-state index contributed by atoms with van der Waals surface area (Å²) < 4.78 is 1.74. The summed E-state index contributed by atoms with van der Waals surface area (Å²) in [5.74, 6) is 0.637. The first kappa shape index (κ1) is 15.5. The van der Waals surface area contributed by atoms with Gasteiger partial charge in [-0.3, -0.25) is 4.79 Å². The number of aromatic nitrogens is 2. The molecule has 20 heavy (non-hydrogen) atoms. The van der Waals surface area contributed by atoms with Crippen LogP contribution in [0.4, 0.5) is 5.69 Å². The van der Waals surface area contributed by atoms with Crippen molar-refractivity contribution in [2.75, 3.05) is 38.6 Å². The number of hydrogen-bond acceptors (Lipinski definition) is 5. The third-order valence-corrected chi connectivity index (χ3v) is 4.48. The average Bonchev–Trinajstić information content (AvgIpc) is 2.45. The predicted octanol–water partition coefficient (Wildman–Crippen LogP) is 0.752. The van der Waals surface area contributed by atoms with Gasteiger partial charge < -0.3 is 15.3 Å². The second-order valence-corrected chi connectivity index (χ2v) is 6.04. The van der Waals surface area contributed by atoms with E-state index in [1.807, 2.05) is 0 Å². The van der Waals surface area contributed by atoms with Gasteiger partial charge in [0.15, 0.2) is 0 Å². The molecule has 1 aliphatic heterocycles. The maximum absolute atomic E-state index is 12.0. The molecule has 2 rings (SSSR count). The minimum absolute atomic E-state index is 0.0955. The molecule has 0 aromatic carbocycles. The van der Waals surface area contributed by atoms with Gasteiger partial charge in [0, 0.05) is 6.54 Å². The molecule has 0 amide bonds. The monoisotopic (exact) mass is 344 g/mol. The lowest BCUT2D eigenvalue weighted by atomic mass is 9.97. The van der Waals surface area contributed by atoms with Crippen LogP contribution in [0.2, 0.25) is 0 Å². The number of aliphatic hydroxyl groups excluding tert-OH is 1. The zero-order valence-electron chi connectivity index (χ0n) is 11.7. The number of halogens is 1. The Balaban J connectivity index is 1.96. The number of aliphatic hydroxyl groups is 1. The van der Waals surface area contributed by atoms with Crippen molar-refractivity contribution >= 4 is 21.6 Å². The molecule has 0 bridgehead atoms. The van der Waals surface area contributed by atoms with E-state index in [1.54, 1.807) is 6.20 Å². The molecular weight excluding hydrogens is 324 g/mol. The highest BCUT2D eigenvalue weighted by atomic mass is 79.9. The Bertz CT molecular complexity index is 498. The lowest BCUT2D eigenvalue weighted by molar-refractivity contribution is 0.226. The van der Waals surface area contributed by atoms with Gasteiger partial charge in [-0.05, 0) is 54.8 Å². The lowest BCUT2D eigenvalue weighted by Gasteiger charge is -2.29. The molecule has 2 N–H and O–H groups in total. The Morgan fingerprint density at radius 3 is 2.85 bits per heavy atom. The lowest BCUT2D eigenvalue weighted by Crippen LogP contribution is -2.33. The van der Waals surface area contributed by atoms with E-state index in [0.29, 0.717) is 10.4 Å². The Morgan fingerprint density at radius 1 is 1.50 bits per heavy atom. The maximum Gasteiger partial charge on any atom is 0.283 e. The Kier molecular flexibility index (Phi) is 5.56. The van der Waals surface area contributed by atoms with Gasteiger partial charge in [0.1, 0.15) is 4.47 Å². The van der Waals surface area contributed by atoms with Crippen LogP contribution < -0.4 is 10.9 Å². The minimum atomic E-state index is -0.215. The quantitative estimate of drug-likeness (QED) is 0.824. The molecule has 0 atom stereocenters. The van der Waals surface area contributed by atoms with E-state index in [0.717, 1.165) is 25.3 Å². The zero-order chi connectivity index (χ0) is 14.5. The standard InChI is InChI=1S/C13H21BrN4O2/c1-17-4-2-10(3-5-17)8-15-11-9-16-18(6-7-19)13(20)12(11)14/h9-10,15,19H,2-8H2,1H3. The van der Waals surface area contributed by atoms with E-state index in [9.17, 15) is 4.79 Å². The zero-order valence-corrected chi connectivity index (χ0v) is 13.3. The van der Waals surface area contributed by atoms with Gasteiger partial charge in [-0.1, -0.05) is 0 Å². The molecule has 112 valence electrons. The van der Waals surface area contributed by atoms with Crippen LogP contribution >= 0.6 is 15.9 Å². The van der Waals surface area contributed by atoms with Gasteiger partial charge in [-0.2, -0.15) is 5.10 Å². The summed E-state index contributed by atoms with van der Waals surface area (Å²) in [6, 6.07) is 0. The number of rotatable bonds is 5. The smallest absolute Gasteiger partial charge is 0.283 e. The van der Waals surface area contributed by atoms with Crippen molar-refractivity contribution in [3.8, 4) is 0 Å². The maximum atomic E-state index is 12.0. The minimum Gasteiger partial charge on any atom is -0.394 e. The highest BCUT2D eigenvalue weighted by molar-refractivity contribution is 9.10. The van der Waals surface area contributed by atoms with E-state index in [1.165, 1.54) is 17.5 Å². The predicted molar refractivity (Wildman–Crippen MR) is 82.0 cm³/mol. The summed E-state index contributed by atoms with van der Waals surface area (Å²) in [7, 11) is 2.14. The number of hydrogen-bond donors (Lipinski definition) is 2. The molecule has 1 fully saturated rings. The summed E-state index contributed by atoms with van der Waals surface area (Å²) in [4.78, 5) is 14.3. The largest absolute Gasteiger partial charge is 0.394 e. The van der Waals surface area contributed by atoms with E-state index in [2.05, 4.69) is 38.3 Å². The Morgan fingerprint density at radius 2 is 2.20 bits per heavy atom. The topological polar surface area (TPSA) is 70.4 Å². The normalized spacial score (nSPS) is 17.4. The molecule has 1 aromatic heterocycles. The van der Waals surface area contributed by atoms with Crippen molar-refractivity contribution in [3.05, 3.63) is 21.0 Å². The molecule has 7 heteroatoms. The first-order chi connectivity index (χ1) is 9.61. The molecule has 6 nitrogen and oxygen atoms in total. The van der Waals surface area contributed by atoms with Crippen LogP contribution in [0, 0.1) is 5.92 Å². The fourth-order valence-electron chi connectivity index (χ4n) is 2.36. The Hall–Kier alpha value is -0.920.